The molecule has 0 spiro atoms. The number of benzene rings is 1. The topological polar surface area (TPSA) is 35.5 Å². The highest BCUT2D eigenvalue weighted by molar-refractivity contribution is 8.00. The fourth-order valence-electron chi connectivity index (χ4n) is 2.00. The molecule has 3 nitrogen and oxygen atoms in total. The molecule has 2 rings (SSSR count). The molecule has 0 fully saturated rings. The predicted octanol–water partition coefficient (Wildman–Crippen LogP) is 4.83. The Labute approximate surface area is 133 Å². The summed E-state index contributed by atoms with van der Waals surface area (Å²) in [5.41, 5.74) is 0. The highest BCUT2D eigenvalue weighted by atomic mass is 32.2. The minimum absolute atomic E-state index is 0.256. The molecule has 0 unspecified atom stereocenters. The average Bonchev–Trinajstić information content (AvgIpc) is 2.84. The molecule has 0 aliphatic carbocycles. The minimum atomic E-state index is -0.256. The van der Waals surface area contributed by atoms with Crippen LogP contribution in [0, 0.1) is 5.92 Å². The second kappa shape index (κ2) is 7.18. The Balaban J connectivity index is 2.50. The first kappa shape index (κ1) is 16.2. The van der Waals surface area contributed by atoms with Gasteiger partial charge in [-0.1, -0.05) is 26.0 Å². The lowest BCUT2D eigenvalue weighted by Crippen LogP contribution is -2.05. The van der Waals surface area contributed by atoms with Gasteiger partial charge in [0.25, 0.3) is 0 Å². The van der Waals surface area contributed by atoms with Gasteiger partial charge in [-0.05, 0) is 25.2 Å². The van der Waals surface area contributed by atoms with Crippen LogP contribution in [0.5, 0.6) is 5.75 Å². The summed E-state index contributed by atoms with van der Waals surface area (Å²) in [6.07, 6.45) is 2.01. The Morgan fingerprint density at radius 1 is 1.38 bits per heavy atom. The Morgan fingerprint density at radius 3 is 2.76 bits per heavy atom. The van der Waals surface area contributed by atoms with E-state index in [0.29, 0.717) is 24.0 Å². The van der Waals surface area contributed by atoms with Gasteiger partial charge in [-0.3, -0.25) is 0 Å². The molecule has 1 heterocycles. The van der Waals surface area contributed by atoms with Crippen LogP contribution >= 0.6 is 23.1 Å². The zero-order chi connectivity index (χ0) is 15.4. The van der Waals surface area contributed by atoms with Crippen molar-refractivity contribution >= 4 is 39.8 Å². The van der Waals surface area contributed by atoms with Gasteiger partial charge in [0.2, 0.25) is 0 Å². The molecule has 0 N–H and O–H groups in total. The van der Waals surface area contributed by atoms with Gasteiger partial charge >= 0.3 is 5.97 Å². The normalized spacial score (nSPS) is 11.1. The van der Waals surface area contributed by atoms with Gasteiger partial charge < -0.3 is 9.47 Å². The smallest absolute Gasteiger partial charge is 0.348 e. The van der Waals surface area contributed by atoms with E-state index in [4.69, 9.17) is 9.47 Å². The van der Waals surface area contributed by atoms with Crippen LogP contribution in [-0.2, 0) is 4.74 Å². The number of thioether (sulfide) groups is 1. The molecule has 0 radical (unpaired) electrons. The Hall–Kier alpha value is -1.20. The summed E-state index contributed by atoms with van der Waals surface area (Å²) in [6.45, 7) is 7.11. The molecule has 0 atom stereocenters. The predicted molar refractivity (Wildman–Crippen MR) is 89.9 cm³/mol. The standard InChI is InChI=1S/C16H20O3S2/c1-5-18-15(17)14-11-7-6-8-12(19-9-10(2)3)13(11)16(20-4)21-14/h6-8,10H,5,9H2,1-4H3. The molecule has 0 bridgehead atoms. The lowest BCUT2D eigenvalue weighted by molar-refractivity contribution is 0.0534. The fraction of sp³-hybridized carbons (Fsp3) is 0.438. The third-order valence-corrected chi connectivity index (χ3v) is 5.19. The van der Waals surface area contributed by atoms with Crippen molar-refractivity contribution < 1.29 is 14.3 Å². The van der Waals surface area contributed by atoms with Gasteiger partial charge in [0.05, 0.1) is 17.4 Å². The van der Waals surface area contributed by atoms with Crippen molar-refractivity contribution in [1.82, 2.24) is 0 Å². The average molecular weight is 324 g/mol. The Morgan fingerprint density at radius 2 is 2.14 bits per heavy atom. The van der Waals surface area contributed by atoms with Crippen LogP contribution in [0.3, 0.4) is 0 Å². The molecular weight excluding hydrogens is 304 g/mol. The fourth-order valence-corrected chi connectivity index (χ4v) is 3.92. The second-order valence-corrected chi connectivity index (χ2v) is 7.12. The zero-order valence-electron chi connectivity index (χ0n) is 12.8. The van der Waals surface area contributed by atoms with Crippen LogP contribution in [0.25, 0.3) is 10.8 Å². The van der Waals surface area contributed by atoms with Gasteiger partial charge in [-0.15, -0.1) is 23.1 Å². The lowest BCUT2D eigenvalue weighted by atomic mass is 10.1. The molecule has 114 valence electrons. The Kier molecular flexibility index (Phi) is 5.53. The number of thiophene rings is 1. The molecule has 21 heavy (non-hydrogen) atoms. The summed E-state index contributed by atoms with van der Waals surface area (Å²) in [5.74, 6) is 1.05. The third kappa shape index (κ3) is 3.52. The van der Waals surface area contributed by atoms with Crippen molar-refractivity contribution in [2.45, 2.75) is 25.0 Å². The number of hydrogen-bond donors (Lipinski definition) is 0. The van der Waals surface area contributed by atoms with Crippen LogP contribution in [-0.4, -0.2) is 25.4 Å². The van der Waals surface area contributed by atoms with Crippen LogP contribution in [0.15, 0.2) is 22.4 Å². The largest absolute Gasteiger partial charge is 0.493 e. The molecule has 5 heteroatoms. The molecule has 0 aliphatic heterocycles. The molecule has 1 aromatic carbocycles. The van der Waals surface area contributed by atoms with E-state index >= 15 is 0 Å². The molecule has 0 aliphatic rings. The van der Waals surface area contributed by atoms with E-state index in [0.717, 1.165) is 20.7 Å². The summed E-state index contributed by atoms with van der Waals surface area (Å²) in [6, 6.07) is 5.85. The molecule has 0 amide bonds. The maximum absolute atomic E-state index is 12.1. The second-order valence-electron chi connectivity index (χ2n) is 5.03. The number of esters is 1. The van der Waals surface area contributed by atoms with Crippen molar-refractivity contribution in [3.8, 4) is 5.75 Å². The highest BCUT2D eigenvalue weighted by Crippen LogP contribution is 2.42. The van der Waals surface area contributed by atoms with Gasteiger partial charge in [-0.2, -0.15) is 0 Å². The quantitative estimate of drug-likeness (QED) is 0.563. The molecule has 2 aromatic rings. The molecular formula is C16H20O3S2. The third-order valence-electron chi connectivity index (χ3n) is 2.89. The van der Waals surface area contributed by atoms with E-state index < -0.39 is 0 Å². The SMILES string of the molecule is CCOC(=O)c1sc(SC)c2c(OCC(C)C)cccc12. The van der Waals surface area contributed by atoms with Crippen LogP contribution in [0.1, 0.15) is 30.4 Å². The first-order valence-corrected chi connectivity index (χ1v) is 9.02. The van der Waals surface area contributed by atoms with E-state index in [9.17, 15) is 4.79 Å². The van der Waals surface area contributed by atoms with E-state index in [1.54, 1.807) is 11.8 Å². The van der Waals surface area contributed by atoms with E-state index in [2.05, 4.69) is 13.8 Å². The summed E-state index contributed by atoms with van der Waals surface area (Å²) in [7, 11) is 0. The number of carbonyl (C=O) groups excluding carboxylic acids is 1. The van der Waals surface area contributed by atoms with Gasteiger partial charge in [-0.25, -0.2) is 4.79 Å². The van der Waals surface area contributed by atoms with Crippen molar-refractivity contribution in [3.05, 3.63) is 23.1 Å². The monoisotopic (exact) mass is 324 g/mol. The lowest BCUT2D eigenvalue weighted by Gasteiger charge is -2.10. The maximum Gasteiger partial charge on any atom is 0.348 e. The van der Waals surface area contributed by atoms with Crippen molar-refractivity contribution in [2.24, 2.45) is 5.92 Å². The Bertz CT molecular complexity index is 632. The number of hydrogen-bond acceptors (Lipinski definition) is 5. The van der Waals surface area contributed by atoms with Gasteiger partial charge in [0, 0.05) is 10.8 Å². The molecule has 0 saturated carbocycles. The van der Waals surface area contributed by atoms with Gasteiger partial charge in [0.15, 0.2) is 0 Å². The first-order valence-electron chi connectivity index (χ1n) is 6.97. The van der Waals surface area contributed by atoms with Crippen LogP contribution in [0.4, 0.5) is 0 Å². The number of fused-ring (bicyclic) bond motifs is 1. The zero-order valence-corrected chi connectivity index (χ0v) is 14.4. The summed E-state index contributed by atoms with van der Waals surface area (Å²) < 4.78 is 12.2. The number of rotatable bonds is 6. The maximum atomic E-state index is 12.1. The van der Waals surface area contributed by atoms with Crippen LogP contribution < -0.4 is 4.74 Å². The number of carbonyl (C=O) groups is 1. The van der Waals surface area contributed by atoms with Gasteiger partial charge in [0.1, 0.15) is 10.6 Å². The van der Waals surface area contributed by atoms with E-state index in [-0.39, 0.29) is 5.97 Å². The van der Waals surface area contributed by atoms with E-state index in [1.807, 2.05) is 31.4 Å². The van der Waals surface area contributed by atoms with Crippen molar-refractivity contribution in [1.29, 1.82) is 0 Å². The molecule has 1 aromatic heterocycles. The van der Waals surface area contributed by atoms with Crippen LogP contribution in [0.2, 0.25) is 0 Å². The summed E-state index contributed by atoms with van der Waals surface area (Å²) in [4.78, 5) is 12.8. The molecule has 0 saturated heterocycles. The van der Waals surface area contributed by atoms with E-state index in [1.165, 1.54) is 11.3 Å². The van der Waals surface area contributed by atoms with Crippen molar-refractivity contribution in [2.75, 3.05) is 19.5 Å². The first-order chi connectivity index (χ1) is 10.1. The summed E-state index contributed by atoms with van der Waals surface area (Å²) in [5, 5.41) is 1.95. The highest BCUT2D eigenvalue weighted by Gasteiger charge is 2.20. The van der Waals surface area contributed by atoms with Crippen molar-refractivity contribution in [3.63, 3.8) is 0 Å². The summed E-state index contributed by atoms with van der Waals surface area (Å²) >= 11 is 3.11. The number of ether oxygens (including phenoxy) is 2. The minimum Gasteiger partial charge on any atom is -0.493 e.